The predicted octanol–water partition coefficient (Wildman–Crippen LogP) is 4.86. The lowest BCUT2D eigenvalue weighted by Crippen LogP contribution is -2.44. The highest BCUT2D eigenvalue weighted by Crippen LogP contribution is 2.34. The van der Waals surface area contributed by atoms with Gasteiger partial charge in [0.2, 0.25) is 0 Å². The molecule has 31 heavy (non-hydrogen) atoms. The molecule has 2 aromatic carbocycles. The summed E-state index contributed by atoms with van der Waals surface area (Å²) in [6.45, 7) is 7.86. The van der Waals surface area contributed by atoms with Crippen LogP contribution in [0.2, 0.25) is 0 Å². The first kappa shape index (κ1) is 21.6. The van der Waals surface area contributed by atoms with Gasteiger partial charge in [-0.3, -0.25) is 9.69 Å². The zero-order valence-corrected chi connectivity index (χ0v) is 19.1. The van der Waals surface area contributed by atoms with E-state index in [9.17, 15) is 4.79 Å². The Bertz CT molecular complexity index is 967. The normalized spacial score (nSPS) is 21.8. The molecule has 0 saturated carbocycles. The number of carbonyl (C=O) groups excluding carboxylic acids is 1. The van der Waals surface area contributed by atoms with Crippen LogP contribution >= 0.6 is 0 Å². The van der Waals surface area contributed by atoms with Gasteiger partial charge in [0.05, 0.1) is 25.4 Å². The third kappa shape index (κ3) is 4.67. The van der Waals surface area contributed by atoms with Gasteiger partial charge >= 0.3 is 0 Å². The summed E-state index contributed by atoms with van der Waals surface area (Å²) in [5, 5.41) is 6.62. The van der Waals surface area contributed by atoms with Crippen molar-refractivity contribution in [3.05, 3.63) is 64.7 Å². The van der Waals surface area contributed by atoms with E-state index in [4.69, 9.17) is 9.84 Å². The van der Waals surface area contributed by atoms with Gasteiger partial charge in [-0.05, 0) is 63.4 Å². The molecule has 2 atom stereocenters. The summed E-state index contributed by atoms with van der Waals surface area (Å²) in [6, 6.07) is 14.8. The van der Waals surface area contributed by atoms with Crippen LogP contribution in [0.15, 0.2) is 47.6 Å². The number of piperidine rings is 1. The molecule has 2 aromatic rings. The highest BCUT2D eigenvalue weighted by Gasteiger charge is 2.35. The molecule has 164 valence electrons. The number of likely N-dealkylation sites (tertiary alicyclic amines) is 1. The van der Waals surface area contributed by atoms with Gasteiger partial charge in [-0.1, -0.05) is 42.3 Å². The number of amides is 1. The van der Waals surface area contributed by atoms with Gasteiger partial charge in [-0.25, -0.2) is 5.01 Å². The maximum Gasteiger partial charge on any atom is 0.257 e. The van der Waals surface area contributed by atoms with Crippen LogP contribution in [-0.4, -0.2) is 47.8 Å². The number of carbonyl (C=O) groups is 1. The van der Waals surface area contributed by atoms with E-state index in [0.29, 0.717) is 12.6 Å². The van der Waals surface area contributed by atoms with E-state index in [-0.39, 0.29) is 11.9 Å². The quantitative estimate of drug-likeness (QED) is 0.695. The van der Waals surface area contributed by atoms with Crippen molar-refractivity contribution >= 4 is 11.6 Å². The lowest BCUT2D eigenvalue weighted by atomic mass is 9.95. The number of ether oxygens (including phenoxy) is 1. The lowest BCUT2D eigenvalue weighted by Gasteiger charge is -2.34. The van der Waals surface area contributed by atoms with E-state index in [0.717, 1.165) is 48.4 Å². The predicted molar refractivity (Wildman–Crippen MR) is 125 cm³/mol. The molecule has 1 saturated heterocycles. The summed E-state index contributed by atoms with van der Waals surface area (Å²) >= 11 is 0. The SMILES string of the molecule is COc1ccc(C2CC(c3ccc(C)cc3C)=NN2C(=O)CN2CCCCC2C)cc1. The topological polar surface area (TPSA) is 45.1 Å². The van der Waals surface area contributed by atoms with Crippen molar-refractivity contribution < 1.29 is 9.53 Å². The Morgan fingerprint density at radius 1 is 1.13 bits per heavy atom. The van der Waals surface area contributed by atoms with E-state index in [1.54, 1.807) is 12.1 Å². The zero-order valence-electron chi connectivity index (χ0n) is 19.1. The first-order valence-corrected chi connectivity index (χ1v) is 11.3. The Morgan fingerprint density at radius 2 is 1.90 bits per heavy atom. The number of hydrazone groups is 1. The summed E-state index contributed by atoms with van der Waals surface area (Å²) in [5.74, 6) is 0.895. The largest absolute Gasteiger partial charge is 0.497 e. The van der Waals surface area contributed by atoms with Crippen LogP contribution in [0.5, 0.6) is 5.75 Å². The number of aryl methyl sites for hydroxylation is 2. The Balaban J connectivity index is 1.63. The minimum atomic E-state index is -0.0887. The van der Waals surface area contributed by atoms with Crippen molar-refractivity contribution in [1.82, 2.24) is 9.91 Å². The second kappa shape index (κ2) is 9.23. The van der Waals surface area contributed by atoms with Crippen molar-refractivity contribution in [2.75, 3.05) is 20.2 Å². The Hall–Kier alpha value is -2.66. The molecule has 0 spiro atoms. The number of methoxy groups -OCH3 is 1. The summed E-state index contributed by atoms with van der Waals surface area (Å²) in [6.07, 6.45) is 4.29. The second-order valence-electron chi connectivity index (χ2n) is 8.91. The molecular weight excluding hydrogens is 386 g/mol. The summed E-state index contributed by atoms with van der Waals surface area (Å²) < 4.78 is 5.32. The van der Waals surface area contributed by atoms with Crippen LogP contribution in [-0.2, 0) is 4.79 Å². The van der Waals surface area contributed by atoms with Crippen LogP contribution in [0.25, 0.3) is 0 Å². The first-order valence-electron chi connectivity index (χ1n) is 11.3. The molecule has 4 rings (SSSR count). The average molecular weight is 420 g/mol. The maximum absolute atomic E-state index is 13.4. The molecule has 0 N–H and O–H groups in total. The molecule has 0 aliphatic carbocycles. The number of rotatable bonds is 5. The van der Waals surface area contributed by atoms with Gasteiger partial charge in [0.15, 0.2) is 0 Å². The third-order valence-electron chi connectivity index (χ3n) is 6.64. The minimum Gasteiger partial charge on any atom is -0.497 e. The van der Waals surface area contributed by atoms with E-state index < -0.39 is 0 Å². The van der Waals surface area contributed by atoms with Gasteiger partial charge in [-0.15, -0.1) is 0 Å². The smallest absolute Gasteiger partial charge is 0.257 e. The van der Waals surface area contributed by atoms with Crippen LogP contribution in [0.1, 0.15) is 60.9 Å². The number of nitrogens with zero attached hydrogens (tertiary/aromatic N) is 3. The van der Waals surface area contributed by atoms with Crippen LogP contribution in [0, 0.1) is 13.8 Å². The molecule has 2 unspecified atom stereocenters. The number of benzene rings is 2. The van der Waals surface area contributed by atoms with Crippen molar-refractivity contribution in [2.24, 2.45) is 5.10 Å². The van der Waals surface area contributed by atoms with Gasteiger partial charge in [-0.2, -0.15) is 5.10 Å². The molecule has 1 amide bonds. The summed E-state index contributed by atoms with van der Waals surface area (Å²) in [4.78, 5) is 15.7. The van der Waals surface area contributed by atoms with Gasteiger partial charge in [0.25, 0.3) is 5.91 Å². The van der Waals surface area contributed by atoms with E-state index >= 15 is 0 Å². The number of hydrogen-bond donors (Lipinski definition) is 0. The molecule has 5 nitrogen and oxygen atoms in total. The van der Waals surface area contributed by atoms with Crippen LogP contribution in [0.3, 0.4) is 0 Å². The Kier molecular flexibility index (Phi) is 6.42. The fraction of sp³-hybridized carbons (Fsp3) is 0.462. The molecule has 2 heterocycles. The first-order chi connectivity index (χ1) is 15.0. The molecule has 0 bridgehead atoms. The minimum absolute atomic E-state index is 0.0781. The van der Waals surface area contributed by atoms with Crippen molar-refractivity contribution in [1.29, 1.82) is 0 Å². The third-order valence-corrected chi connectivity index (χ3v) is 6.64. The Labute approximate surface area is 185 Å². The molecule has 5 heteroatoms. The van der Waals surface area contributed by atoms with Crippen LogP contribution in [0.4, 0.5) is 0 Å². The summed E-state index contributed by atoms with van der Waals surface area (Å²) in [7, 11) is 1.67. The molecule has 2 aliphatic heterocycles. The lowest BCUT2D eigenvalue weighted by molar-refractivity contribution is -0.135. The standard InChI is InChI=1S/C26H33N3O2/c1-18-8-13-23(19(2)15-18)24-16-25(21-9-11-22(31-4)12-10-21)29(27-24)26(30)17-28-14-6-5-7-20(28)3/h8-13,15,20,25H,5-7,14,16-17H2,1-4H3. The zero-order chi connectivity index (χ0) is 22.0. The molecule has 2 aliphatic rings. The molecule has 0 aromatic heterocycles. The van der Waals surface area contributed by atoms with E-state index in [2.05, 4.69) is 43.9 Å². The van der Waals surface area contributed by atoms with Crippen molar-refractivity contribution in [3.63, 3.8) is 0 Å². The van der Waals surface area contributed by atoms with Gasteiger partial charge in [0, 0.05) is 18.0 Å². The second-order valence-corrected chi connectivity index (χ2v) is 8.91. The van der Waals surface area contributed by atoms with Crippen molar-refractivity contribution in [3.8, 4) is 5.75 Å². The van der Waals surface area contributed by atoms with E-state index in [1.165, 1.54) is 17.5 Å². The number of hydrogen-bond acceptors (Lipinski definition) is 4. The van der Waals surface area contributed by atoms with E-state index in [1.807, 2.05) is 24.3 Å². The highest BCUT2D eigenvalue weighted by atomic mass is 16.5. The van der Waals surface area contributed by atoms with Gasteiger partial charge < -0.3 is 4.74 Å². The average Bonchev–Trinajstić information content (AvgIpc) is 3.20. The fourth-order valence-corrected chi connectivity index (χ4v) is 4.76. The highest BCUT2D eigenvalue weighted by molar-refractivity contribution is 6.04. The van der Waals surface area contributed by atoms with Crippen molar-refractivity contribution in [2.45, 2.75) is 58.5 Å². The molecule has 0 radical (unpaired) electrons. The summed E-state index contributed by atoms with van der Waals surface area (Å²) in [5.41, 5.74) is 5.64. The maximum atomic E-state index is 13.4. The molecule has 1 fully saturated rings. The van der Waals surface area contributed by atoms with Crippen LogP contribution < -0.4 is 4.74 Å². The monoisotopic (exact) mass is 419 g/mol. The Morgan fingerprint density at radius 3 is 2.58 bits per heavy atom. The van der Waals surface area contributed by atoms with Gasteiger partial charge in [0.1, 0.15) is 5.75 Å². The fourth-order valence-electron chi connectivity index (χ4n) is 4.76. The molecular formula is C26H33N3O2.